The van der Waals surface area contributed by atoms with Crippen molar-refractivity contribution in [3.05, 3.63) is 0 Å². The third-order valence-corrected chi connectivity index (χ3v) is 6.67. The van der Waals surface area contributed by atoms with Crippen molar-refractivity contribution in [2.75, 3.05) is 26.2 Å². The summed E-state index contributed by atoms with van der Waals surface area (Å²) in [5, 5.41) is 5.58. The van der Waals surface area contributed by atoms with Crippen molar-refractivity contribution in [2.45, 2.75) is 45.8 Å². The van der Waals surface area contributed by atoms with E-state index in [9.17, 15) is 18.0 Å². The Morgan fingerprint density at radius 3 is 2.32 bits per heavy atom. The summed E-state index contributed by atoms with van der Waals surface area (Å²) in [6, 6.07) is -0.256. The third-order valence-electron chi connectivity index (χ3n) is 6.67. The van der Waals surface area contributed by atoms with Crippen LogP contribution < -0.4 is 10.6 Å². The van der Waals surface area contributed by atoms with Gasteiger partial charge < -0.3 is 15.5 Å². The van der Waals surface area contributed by atoms with Crippen LogP contribution in [0.3, 0.4) is 0 Å². The number of piperidine rings is 1. The summed E-state index contributed by atoms with van der Waals surface area (Å²) in [4.78, 5) is 14.0. The van der Waals surface area contributed by atoms with E-state index in [0.717, 1.165) is 0 Å². The molecule has 126 valence electrons. The van der Waals surface area contributed by atoms with Crippen LogP contribution in [-0.2, 0) is 0 Å². The maximum absolute atomic E-state index is 13.3. The van der Waals surface area contributed by atoms with Gasteiger partial charge in [-0.25, -0.2) is 4.79 Å². The van der Waals surface area contributed by atoms with Gasteiger partial charge in [0.2, 0.25) is 0 Å². The number of hydrogen-bond donors (Lipinski definition) is 2. The number of hydrogen-bond acceptors (Lipinski definition) is 2. The minimum absolute atomic E-state index is 0.0207. The van der Waals surface area contributed by atoms with E-state index in [0.29, 0.717) is 13.1 Å². The fraction of sp³-hybridized carbons (Fsp3) is 0.933. The average molecular weight is 319 g/mol. The van der Waals surface area contributed by atoms with Gasteiger partial charge in [-0.2, -0.15) is 13.2 Å². The number of carbonyl (C=O) groups is 1. The van der Waals surface area contributed by atoms with Crippen LogP contribution in [0.4, 0.5) is 18.0 Å². The molecule has 0 aromatic heterocycles. The van der Waals surface area contributed by atoms with Crippen molar-refractivity contribution in [3.8, 4) is 0 Å². The third kappa shape index (κ3) is 1.77. The van der Waals surface area contributed by atoms with Crippen LogP contribution in [0.25, 0.3) is 0 Å². The molecule has 0 aromatic rings. The van der Waals surface area contributed by atoms with Gasteiger partial charge in [0.15, 0.2) is 0 Å². The SMILES string of the molecule is CC1(C)CN(C(=O)NC[C@@]23CNC[C@]2(C(F)(F)F)C3)C1(C)C. The highest BCUT2D eigenvalue weighted by Crippen LogP contribution is 2.72. The first kappa shape index (κ1) is 15.9. The second kappa shape index (κ2) is 4.10. The number of fused-ring (bicyclic) bond motifs is 1. The predicted molar refractivity (Wildman–Crippen MR) is 76.4 cm³/mol. The summed E-state index contributed by atoms with van der Waals surface area (Å²) < 4.78 is 39.8. The molecule has 2 saturated heterocycles. The van der Waals surface area contributed by atoms with Crippen molar-refractivity contribution < 1.29 is 18.0 Å². The lowest BCUT2D eigenvalue weighted by atomic mass is 9.65. The van der Waals surface area contributed by atoms with Crippen molar-refractivity contribution in [1.29, 1.82) is 0 Å². The Hall–Kier alpha value is -0.980. The molecule has 0 radical (unpaired) electrons. The highest BCUT2D eigenvalue weighted by atomic mass is 19.4. The topological polar surface area (TPSA) is 44.4 Å². The lowest BCUT2D eigenvalue weighted by Crippen LogP contribution is -2.72. The number of halogens is 3. The van der Waals surface area contributed by atoms with Crippen molar-refractivity contribution >= 4 is 6.03 Å². The first-order valence-electron chi connectivity index (χ1n) is 7.72. The Balaban J connectivity index is 1.62. The molecule has 3 aliphatic rings. The summed E-state index contributed by atoms with van der Waals surface area (Å²) in [7, 11) is 0. The van der Waals surface area contributed by atoms with Crippen molar-refractivity contribution in [1.82, 2.24) is 15.5 Å². The molecule has 0 aromatic carbocycles. The molecular formula is C15H24F3N3O. The van der Waals surface area contributed by atoms with Gasteiger partial charge in [-0.15, -0.1) is 0 Å². The molecule has 22 heavy (non-hydrogen) atoms. The molecule has 0 bridgehead atoms. The molecule has 2 N–H and O–H groups in total. The van der Waals surface area contributed by atoms with Crippen molar-refractivity contribution in [2.24, 2.45) is 16.2 Å². The van der Waals surface area contributed by atoms with Gasteiger partial charge >= 0.3 is 12.2 Å². The Bertz CT molecular complexity index is 517. The summed E-state index contributed by atoms with van der Waals surface area (Å²) >= 11 is 0. The zero-order valence-corrected chi connectivity index (χ0v) is 13.5. The molecule has 1 saturated carbocycles. The average Bonchev–Trinajstić information content (AvgIpc) is 2.91. The summed E-state index contributed by atoms with van der Waals surface area (Å²) in [5.74, 6) is 0. The number of alkyl halides is 3. The molecule has 4 nitrogen and oxygen atoms in total. The second-order valence-corrected chi connectivity index (χ2v) is 8.33. The zero-order chi connectivity index (χ0) is 16.6. The van der Waals surface area contributed by atoms with E-state index in [-0.39, 0.29) is 36.5 Å². The fourth-order valence-electron chi connectivity index (χ4n) is 4.05. The molecule has 2 aliphatic heterocycles. The van der Waals surface area contributed by atoms with E-state index < -0.39 is 17.0 Å². The van der Waals surface area contributed by atoms with Crippen LogP contribution in [0.2, 0.25) is 0 Å². The Morgan fingerprint density at radius 1 is 1.23 bits per heavy atom. The van der Waals surface area contributed by atoms with E-state index >= 15 is 0 Å². The summed E-state index contributed by atoms with van der Waals surface area (Å²) in [6.45, 7) is 9.16. The number of rotatable bonds is 2. The number of likely N-dealkylation sites (tertiary alicyclic amines) is 1. The number of carbonyl (C=O) groups excluding carboxylic acids is 1. The molecule has 3 rings (SSSR count). The first-order chi connectivity index (χ1) is 9.89. The predicted octanol–water partition coefficient (Wildman–Crippen LogP) is 2.36. The Kier molecular flexibility index (Phi) is 2.96. The normalized spacial score (nSPS) is 38.2. The molecule has 0 unspecified atom stereocenters. The van der Waals surface area contributed by atoms with Crippen molar-refractivity contribution in [3.63, 3.8) is 0 Å². The van der Waals surface area contributed by atoms with Crippen LogP contribution in [0.15, 0.2) is 0 Å². The van der Waals surface area contributed by atoms with E-state index in [1.54, 1.807) is 4.90 Å². The smallest absolute Gasteiger partial charge is 0.337 e. The number of urea groups is 1. The molecule has 2 atom stereocenters. The van der Waals surface area contributed by atoms with Gasteiger partial charge in [0.1, 0.15) is 0 Å². The molecule has 2 heterocycles. The largest absolute Gasteiger partial charge is 0.396 e. The van der Waals surface area contributed by atoms with E-state index in [2.05, 4.69) is 24.5 Å². The maximum Gasteiger partial charge on any atom is 0.396 e. The first-order valence-corrected chi connectivity index (χ1v) is 7.72. The monoisotopic (exact) mass is 319 g/mol. The van der Waals surface area contributed by atoms with Crippen LogP contribution in [0.5, 0.6) is 0 Å². The van der Waals surface area contributed by atoms with E-state index in [1.165, 1.54) is 0 Å². The molecule has 7 heteroatoms. The maximum atomic E-state index is 13.3. The minimum atomic E-state index is -4.21. The molecule has 0 spiro atoms. The Labute approximate surface area is 128 Å². The van der Waals surface area contributed by atoms with Crippen LogP contribution in [-0.4, -0.2) is 48.8 Å². The van der Waals surface area contributed by atoms with Gasteiger partial charge in [0, 0.05) is 42.5 Å². The molecule has 1 aliphatic carbocycles. The number of amides is 2. The minimum Gasteiger partial charge on any atom is -0.337 e. The molecule has 3 fully saturated rings. The number of nitrogens with one attached hydrogen (secondary N) is 2. The lowest BCUT2D eigenvalue weighted by molar-refractivity contribution is -0.190. The van der Waals surface area contributed by atoms with Gasteiger partial charge in [0.25, 0.3) is 0 Å². The number of nitrogens with zero attached hydrogens (tertiary/aromatic N) is 1. The van der Waals surface area contributed by atoms with Gasteiger partial charge in [-0.05, 0) is 20.3 Å². The zero-order valence-electron chi connectivity index (χ0n) is 13.5. The summed E-state index contributed by atoms with van der Waals surface area (Å²) in [6.07, 6.45) is -4.09. The standard InChI is InChI=1S/C15H24F3N3O/c1-11(2)9-21(12(11,3)4)10(22)20-7-13-5-14(13,8-19-6-13)15(16,17)18/h19H,5-9H2,1-4H3,(H,20,22)/t13-,14-/m1/s1. The van der Waals surface area contributed by atoms with E-state index in [4.69, 9.17) is 0 Å². The Morgan fingerprint density at radius 2 is 1.86 bits per heavy atom. The summed E-state index contributed by atoms with van der Waals surface area (Å²) in [5.41, 5.74) is -2.76. The van der Waals surface area contributed by atoms with Gasteiger partial charge in [0.05, 0.1) is 5.41 Å². The fourth-order valence-corrected chi connectivity index (χ4v) is 4.05. The van der Waals surface area contributed by atoms with Gasteiger partial charge in [-0.3, -0.25) is 0 Å². The van der Waals surface area contributed by atoms with Crippen LogP contribution in [0.1, 0.15) is 34.1 Å². The van der Waals surface area contributed by atoms with E-state index in [1.807, 2.05) is 13.8 Å². The molecular weight excluding hydrogens is 295 g/mol. The van der Waals surface area contributed by atoms with Crippen LogP contribution >= 0.6 is 0 Å². The van der Waals surface area contributed by atoms with Gasteiger partial charge in [-0.1, -0.05) is 13.8 Å². The quantitative estimate of drug-likeness (QED) is 0.821. The highest BCUT2D eigenvalue weighted by Gasteiger charge is 2.81. The van der Waals surface area contributed by atoms with Crippen LogP contribution in [0, 0.1) is 16.2 Å². The molecule has 2 amide bonds. The highest BCUT2D eigenvalue weighted by molar-refractivity contribution is 5.76. The second-order valence-electron chi connectivity index (χ2n) is 8.33. The lowest BCUT2D eigenvalue weighted by Gasteiger charge is -2.61.